The van der Waals surface area contributed by atoms with Crippen LogP contribution in [0.3, 0.4) is 0 Å². The Balaban J connectivity index is 2.28. The lowest BCUT2D eigenvalue weighted by Crippen LogP contribution is -2.39. The summed E-state index contributed by atoms with van der Waals surface area (Å²) >= 11 is 0. The summed E-state index contributed by atoms with van der Waals surface area (Å²) < 4.78 is 5.25. The summed E-state index contributed by atoms with van der Waals surface area (Å²) in [4.78, 5) is 15.4. The fraction of sp³-hybridized carbons (Fsp3) is 0.615. The van der Waals surface area contributed by atoms with Gasteiger partial charge in [0, 0.05) is 11.9 Å². The van der Waals surface area contributed by atoms with Crippen molar-refractivity contribution < 1.29 is 9.53 Å². The standard InChI is InChI=1S/C13H19NO2/c1-2-16-12(15)13(8-4-3-5-9-13)11-7-6-10-14-11/h6-7,10,14H,2-5,8-9H2,1H3. The van der Waals surface area contributed by atoms with Crippen LogP contribution in [0.2, 0.25) is 0 Å². The third-order valence-electron chi connectivity index (χ3n) is 3.49. The van der Waals surface area contributed by atoms with Crippen molar-refractivity contribution in [3.63, 3.8) is 0 Å². The molecule has 3 heteroatoms. The van der Waals surface area contributed by atoms with E-state index in [4.69, 9.17) is 4.74 Å². The zero-order valence-electron chi connectivity index (χ0n) is 9.79. The molecule has 1 N–H and O–H groups in total. The molecule has 1 saturated carbocycles. The lowest BCUT2D eigenvalue weighted by Gasteiger charge is -2.34. The van der Waals surface area contributed by atoms with Crippen LogP contribution in [0.1, 0.15) is 44.7 Å². The van der Waals surface area contributed by atoms with Gasteiger partial charge in [0.1, 0.15) is 5.41 Å². The molecule has 0 aromatic carbocycles. The van der Waals surface area contributed by atoms with Gasteiger partial charge in [-0.2, -0.15) is 0 Å². The minimum atomic E-state index is -0.405. The summed E-state index contributed by atoms with van der Waals surface area (Å²) in [6, 6.07) is 3.95. The van der Waals surface area contributed by atoms with Gasteiger partial charge in [0.2, 0.25) is 0 Å². The predicted octanol–water partition coefficient (Wildman–Crippen LogP) is 2.78. The van der Waals surface area contributed by atoms with E-state index in [0.717, 1.165) is 31.4 Å². The zero-order chi connectivity index (χ0) is 11.4. The van der Waals surface area contributed by atoms with Crippen molar-refractivity contribution in [1.29, 1.82) is 0 Å². The molecule has 1 aliphatic rings. The van der Waals surface area contributed by atoms with Gasteiger partial charge in [-0.1, -0.05) is 19.3 Å². The number of H-pyrrole nitrogens is 1. The smallest absolute Gasteiger partial charge is 0.318 e. The molecular weight excluding hydrogens is 202 g/mol. The van der Waals surface area contributed by atoms with E-state index in [9.17, 15) is 4.79 Å². The first kappa shape index (κ1) is 11.2. The van der Waals surface area contributed by atoms with Gasteiger partial charge in [0.05, 0.1) is 6.61 Å². The van der Waals surface area contributed by atoms with E-state index in [-0.39, 0.29) is 5.97 Å². The number of carbonyl (C=O) groups is 1. The highest BCUT2D eigenvalue weighted by atomic mass is 16.5. The summed E-state index contributed by atoms with van der Waals surface area (Å²) in [5.74, 6) is -0.0582. The minimum absolute atomic E-state index is 0.0582. The molecule has 1 aromatic rings. The highest BCUT2D eigenvalue weighted by molar-refractivity contribution is 5.82. The molecule has 0 aliphatic heterocycles. The zero-order valence-corrected chi connectivity index (χ0v) is 9.79. The molecule has 0 amide bonds. The summed E-state index contributed by atoms with van der Waals surface area (Å²) in [6.45, 7) is 2.32. The van der Waals surface area contributed by atoms with Crippen molar-refractivity contribution in [3.8, 4) is 0 Å². The molecule has 2 rings (SSSR count). The fourth-order valence-electron chi connectivity index (χ4n) is 2.64. The number of hydrogen-bond donors (Lipinski definition) is 1. The number of rotatable bonds is 3. The van der Waals surface area contributed by atoms with E-state index < -0.39 is 5.41 Å². The third kappa shape index (κ3) is 1.86. The third-order valence-corrected chi connectivity index (χ3v) is 3.49. The van der Waals surface area contributed by atoms with Gasteiger partial charge in [-0.05, 0) is 31.9 Å². The second-order valence-electron chi connectivity index (χ2n) is 4.45. The van der Waals surface area contributed by atoms with Gasteiger partial charge < -0.3 is 9.72 Å². The maximum atomic E-state index is 12.2. The quantitative estimate of drug-likeness (QED) is 0.797. The molecule has 0 atom stereocenters. The van der Waals surface area contributed by atoms with Crippen LogP contribution in [0.5, 0.6) is 0 Å². The first-order valence-electron chi connectivity index (χ1n) is 6.11. The number of aromatic nitrogens is 1. The lowest BCUT2D eigenvalue weighted by atomic mass is 9.72. The van der Waals surface area contributed by atoms with Crippen molar-refractivity contribution in [2.75, 3.05) is 6.61 Å². The van der Waals surface area contributed by atoms with E-state index in [1.54, 1.807) is 0 Å². The molecule has 1 heterocycles. The molecule has 1 aliphatic carbocycles. The Morgan fingerprint density at radius 1 is 1.44 bits per heavy atom. The van der Waals surface area contributed by atoms with Gasteiger partial charge in [-0.3, -0.25) is 4.79 Å². The summed E-state index contributed by atoms with van der Waals surface area (Å²) in [5, 5.41) is 0. The van der Waals surface area contributed by atoms with E-state index in [1.165, 1.54) is 6.42 Å². The van der Waals surface area contributed by atoms with Crippen molar-refractivity contribution in [2.45, 2.75) is 44.4 Å². The number of carbonyl (C=O) groups excluding carboxylic acids is 1. The van der Waals surface area contributed by atoms with Crippen LogP contribution >= 0.6 is 0 Å². The first-order chi connectivity index (χ1) is 7.79. The monoisotopic (exact) mass is 221 g/mol. The number of nitrogens with one attached hydrogen (secondary N) is 1. The summed E-state index contributed by atoms with van der Waals surface area (Å²) in [7, 11) is 0. The SMILES string of the molecule is CCOC(=O)C1(c2ccc[nH]2)CCCCC1. The van der Waals surface area contributed by atoms with Crippen LogP contribution in [-0.2, 0) is 14.9 Å². The van der Waals surface area contributed by atoms with Crippen LogP contribution in [0.4, 0.5) is 0 Å². The molecule has 0 bridgehead atoms. The van der Waals surface area contributed by atoms with Crippen LogP contribution < -0.4 is 0 Å². The van der Waals surface area contributed by atoms with Crippen LogP contribution in [0, 0.1) is 0 Å². The van der Waals surface area contributed by atoms with Crippen LogP contribution in [0.25, 0.3) is 0 Å². The Morgan fingerprint density at radius 3 is 2.75 bits per heavy atom. The number of aromatic amines is 1. The fourth-order valence-corrected chi connectivity index (χ4v) is 2.64. The normalized spacial score (nSPS) is 19.3. The van der Waals surface area contributed by atoms with E-state index in [1.807, 2.05) is 25.3 Å². The average Bonchev–Trinajstić information content (AvgIpc) is 2.84. The Bertz CT molecular complexity index is 337. The van der Waals surface area contributed by atoms with Gasteiger partial charge in [-0.25, -0.2) is 0 Å². The molecule has 3 nitrogen and oxygen atoms in total. The summed E-state index contributed by atoms with van der Waals surface area (Å²) in [5.41, 5.74) is 0.614. The maximum absolute atomic E-state index is 12.2. The van der Waals surface area contributed by atoms with Crippen molar-refractivity contribution >= 4 is 5.97 Å². The largest absolute Gasteiger partial charge is 0.465 e. The van der Waals surface area contributed by atoms with Crippen molar-refractivity contribution in [3.05, 3.63) is 24.0 Å². The number of esters is 1. The Kier molecular flexibility index (Phi) is 3.32. The first-order valence-corrected chi connectivity index (χ1v) is 6.11. The van der Waals surface area contributed by atoms with Crippen LogP contribution in [0.15, 0.2) is 18.3 Å². The van der Waals surface area contributed by atoms with Gasteiger partial charge >= 0.3 is 5.97 Å². The minimum Gasteiger partial charge on any atom is -0.465 e. The highest BCUT2D eigenvalue weighted by Gasteiger charge is 2.43. The van der Waals surface area contributed by atoms with Gasteiger partial charge in [0.25, 0.3) is 0 Å². The molecule has 1 fully saturated rings. The maximum Gasteiger partial charge on any atom is 0.318 e. The number of ether oxygens (including phenoxy) is 1. The Labute approximate surface area is 96.2 Å². The van der Waals surface area contributed by atoms with E-state index >= 15 is 0 Å². The molecule has 88 valence electrons. The summed E-state index contributed by atoms with van der Waals surface area (Å²) in [6.07, 6.45) is 7.14. The van der Waals surface area contributed by atoms with E-state index in [2.05, 4.69) is 4.98 Å². The molecule has 0 saturated heterocycles. The molecule has 0 unspecified atom stereocenters. The van der Waals surface area contributed by atoms with Gasteiger partial charge in [-0.15, -0.1) is 0 Å². The molecule has 16 heavy (non-hydrogen) atoms. The second kappa shape index (κ2) is 4.73. The second-order valence-corrected chi connectivity index (χ2v) is 4.45. The van der Waals surface area contributed by atoms with E-state index in [0.29, 0.717) is 6.61 Å². The highest BCUT2D eigenvalue weighted by Crippen LogP contribution is 2.39. The molecule has 0 spiro atoms. The molecular formula is C13H19NO2. The van der Waals surface area contributed by atoms with Crippen molar-refractivity contribution in [2.24, 2.45) is 0 Å². The Hall–Kier alpha value is -1.25. The molecule has 1 aromatic heterocycles. The molecule has 0 radical (unpaired) electrons. The predicted molar refractivity (Wildman–Crippen MR) is 62.2 cm³/mol. The topological polar surface area (TPSA) is 42.1 Å². The Morgan fingerprint density at radius 2 is 2.19 bits per heavy atom. The number of hydrogen-bond acceptors (Lipinski definition) is 2. The lowest BCUT2D eigenvalue weighted by molar-refractivity contribution is -0.151. The average molecular weight is 221 g/mol. The van der Waals surface area contributed by atoms with Crippen LogP contribution in [-0.4, -0.2) is 17.6 Å². The van der Waals surface area contributed by atoms with Gasteiger partial charge in [0.15, 0.2) is 0 Å². The van der Waals surface area contributed by atoms with Crippen molar-refractivity contribution in [1.82, 2.24) is 4.98 Å².